The van der Waals surface area contributed by atoms with Crippen LogP contribution in [0.15, 0.2) is 28.7 Å². The van der Waals surface area contributed by atoms with Crippen LogP contribution in [-0.4, -0.2) is 12.9 Å². The maximum atomic E-state index is 12.4. The molecule has 0 amide bonds. The molecule has 0 N–H and O–H groups in total. The van der Waals surface area contributed by atoms with Crippen molar-refractivity contribution in [3.05, 3.63) is 49.6 Å². The molecule has 0 atom stereocenters. The molecule has 0 bridgehead atoms. The first-order chi connectivity index (χ1) is 8.52. The van der Waals surface area contributed by atoms with Gasteiger partial charge in [0.15, 0.2) is 0 Å². The van der Waals surface area contributed by atoms with Crippen LogP contribution < -0.4 is 4.74 Å². The van der Waals surface area contributed by atoms with E-state index < -0.39 is 0 Å². The maximum absolute atomic E-state index is 12.4. The number of carbonyl (C=O) groups is 1. The van der Waals surface area contributed by atoms with Gasteiger partial charge >= 0.3 is 0 Å². The van der Waals surface area contributed by atoms with Crippen molar-refractivity contribution in [1.82, 2.24) is 0 Å². The fourth-order valence-electron chi connectivity index (χ4n) is 1.69. The molecule has 4 heteroatoms. The quantitative estimate of drug-likeness (QED) is 0.784. The van der Waals surface area contributed by atoms with Gasteiger partial charge in [-0.1, -0.05) is 15.9 Å². The minimum Gasteiger partial charge on any atom is -0.496 e. The van der Waals surface area contributed by atoms with Crippen LogP contribution in [0.2, 0.25) is 0 Å². The zero-order chi connectivity index (χ0) is 13.3. The molecular weight excluding hydrogens is 312 g/mol. The van der Waals surface area contributed by atoms with Gasteiger partial charge in [-0.15, -0.1) is 11.3 Å². The Labute approximate surface area is 119 Å². The zero-order valence-electron chi connectivity index (χ0n) is 10.4. The molecule has 2 aromatic rings. The van der Waals surface area contributed by atoms with Crippen molar-refractivity contribution < 1.29 is 9.53 Å². The molecule has 94 valence electrons. The number of ketones is 1. The molecule has 0 aliphatic heterocycles. The van der Waals surface area contributed by atoms with Gasteiger partial charge in [-0.05, 0) is 43.7 Å². The number of thiophene rings is 1. The molecule has 2 nitrogen and oxygen atoms in total. The van der Waals surface area contributed by atoms with E-state index >= 15 is 0 Å². The van der Waals surface area contributed by atoms with Crippen molar-refractivity contribution in [3.63, 3.8) is 0 Å². The number of rotatable bonds is 3. The van der Waals surface area contributed by atoms with Crippen LogP contribution in [0.1, 0.15) is 25.7 Å². The van der Waals surface area contributed by atoms with E-state index in [0.717, 1.165) is 19.8 Å². The van der Waals surface area contributed by atoms with Gasteiger partial charge in [-0.25, -0.2) is 0 Å². The van der Waals surface area contributed by atoms with Crippen molar-refractivity contribution in [2.24, 2.45) is 0 Å². The molecule has 0 spiro atoms. The standard InChI is InChI=1S/C14H13BrO2S/c1-8-6-12(17-3)10(7-11(8)15)14(16)13-5-4-9(2)18-13/h4-7H,1-3H3. The summed E-state index contributed by atoms with van der Waals surface area (Å²) < 4.78 is 6.21. The summed E-state index contributed by atoms with van der Waals surface area (Å²) in [4.78, 5) is 14.3. The van der Waals surface area contributed by atoms with Crippen LogP contribution in [0.3, 0.4) is 0 Å². The molecule has 1 aromatic heterocycles. The third-order valence-electron chi connectivity index (χ3n) is 2.69. The van der Waals surface area contributed by atoms with Crippen molar-refractivity contribution in [2.45, 2.75) is 13.8 Å². The van der Waals surface area contributed by atoms with Gasteiger partial charge in [0, 0.05) is 9.35 Å². The highest BCUT2D eigenvalue weighted by Crippen LogP contribution is 2.30. The molecule has 0 aliphatic rings. The zero-order valence-corrected chi connectivity index (χ0v) is 12.8. The lowest BCUT2D eigenvalue weighted by Gasteiger charge is -2.09. The second-order valence-corrected chi connectivity index (χ2v) is 6.18. The Bertz CT molecular complexity index is 602. The van der Waals surface area contributed by atoms with Crippen LogP contribution in [0.5, 0.6) is 5.75 Å². The van der Waals surface area contributed by atoms with Crippen molar-refractivity contribution in [3.8, 4) is 5.75 Å². The first-order valence-electron chi connectivity index (χ1n) is 5.48. The van der Waals surface area contributed by atoms with Gasteiger partial charge in [0.25, 0.3) is 0 Å². The molecule has 2 rings (SSSR count). The summed E-state index contributed by atoms with van der Waals surface area (Å²) in [6.45, 7) is 3.96. The number of aryl methyl sites for hydroxylation is 2. The summed E-state index contributed by atoms with van der Waals surface area (Å²) in [5.74, 6) is 0.623. The van der Waals surface area contributed by atoms with Gasteiger partial charge in [0.2, 0.25) is 5.78 Å². The number of hydrogen-bond acceptors (Lipinski definition) is 3. The number of halogens is 1. The summed E-state index contributed by atoms with van der Waals surface area (Å²) in [7, 11) is 1.58. The first-order valence-corrected chi connectivity index (χ1v) is 7.09. The topological polar surface area (TPSA) is 26.3 Å². The lowest BCUT2D eigenvalue weighted by molar-refractivity contribution is 0.103. The molecule has 0 unspecified atom stereocenters. The van der Waals surface area contributed by atoms with Crippen LogP contribution in [0, 0.1) is 13.8 Å². The number of methoxy groups -OCH3 is 1. The predicted octanol–water partition coefficient (Wildman–Crippen LogP) is 4.37. The van der Waals surface area contributed by atoms with E-state index in [0.29, 0.717) is 11.3 Å². The Morgan fingerprint density at radius 1 is 1.28 bits per heavy atom. The monoisotopic (exact) mass is 324 g/mol. The van der Waals surface area contributed by atoms with Crippen molar-refractivity contribution >= 4 is 33.0 Å². The normalized spacial score (nSPS) is 10.4. The summed E-state index contributed by atoms with van der Waals surface area (Å²) in [6, 6.07) is 7.51. The van der Waals surface area contributed by atoms with Crippen LogP contribution in [-0.2, 0) is 0 Å². The lowest BCUT2D eigenvalue weighted by Crippen LogP contribution is -2.02. The summed E-state index contributed by atoms with van der Waals surface area (Å²) in [5.41, 5.74) is 1.64. The van der Waals surface area contributed by atoms with E-state index in [9.17, 15) is 4.79 Å². The number of benzene rings is 1. The lowest BCUT2D eigenvalue weighted by atomic mass is 10.1. The third-order valence-corrected chi connectivity index (χ3v) is 4.54. The van der Waals surface area contributed by atoms with E-state index in [-0.39, 0.29) is 5.78 Å². The Morgan fingerprint density at radius 2 is 2.00 bits per heavy atom. The van der Waals surface area contributed by atoms with E-state index in [4.69, 9.17) is 4.74 Å². The minimum atomic E-state index is 0.00523. The number of hydrogen-bond donors (Lipinski definition) is 0. The molecule has 1 heterocycles. The second-order valence-electron chi connectivity index (χ2n) is 4.04. The Balaban J connectivity index is 2.50. The Hall–Kier alpha value is -1.13. The molecule has 0 aliphatic carbocycles. The fourth-order valence-corrected chi connectivity index (χ4v) is 2.86. The van der Waals surface area contributed by atoms with Crippen LogP contribution >= 0.6 is 27.3 Å². The molecule has 18 heavy (non-hydrogen) atoms. The van der Waals surface area contributed by atoms with E-state index in [1.165, 1.54) is 11.3 Å². The van der Waals surface area contributed by atoms with E-state index in [1.54, 1.807) is 7.11 Å². The van der Waals surface area contributed by atoms with Crippen LogP contribution in [0.4, 0.5) is 0 Å². The van der Waals surface area contributed by atoms with Gasteiger partial charge in [-0.3, -0.25) is 4.79 Å². The molecule has 0 fully saturated rings. The molecule has 0 saturated carbocycles. The van der Waals surface area contributed by atoms with Gasteiger partial charge in [0.05, 0.1) is 17.6 Å². The average Bonchev–Trinajstić information content (AvgIpc) is 2.78. The van der Waals surface area contributed by atoms with E-state index in [1.807, 2.05) is 38.1 Å². The third kappa shape index (κ3) is 2.49. The maximum Gasteiger partial charge on any atom is 0.206 e. The average molecular weight is 325 g/mol. The van der Waals surface area contributed by atoms with Crippen LogP contribution in [0.25, 0.3) is 0 Å². The van der Waals surface area contributed by atoms with E-state index in [2.05, 4.69) is 15.9 Å². The largest absolute Gasteiger partial charge is 0.496 e. The minimum absolute atomic E-state index is 0.00523. The highest BCUT2D eigenvalue weighted by atomic mass is 79.9. The Morgan fingerprint density at radius 3 is 2.56 bits per heavy atom. The highest BCUT2D eigenvalue weighted by Gasteiger charge is 2.17. The summed E-state index contributed by atoms with van der Waals surface area (Å²) in [5, 5.41) is 0. The predicted molar refractivity (Wildman–Crippen MR) is 77.9 cm³/mol. The molecule has 1 aromatic carbocycles. The van der Waals surface area contributed by atoms with Gasteiger partial charge in [0.1, 0.15) is 5.75 Å². The molecule has 0 radical (unpaired) electrons. The first kappa shape index (κ1) is 13.3. The second kappa shape index (κ2) is 5.24. The highest BCUT2D eigenvalue weighted by molar-refractivity contribution is 9.10. The smallest absolute Gasteiger partial charge is 0.206 e. The fraction of sp³-hybridized carbons (Fsp3) is 0.214. The van der Waals surface area contributed by atoms with Crippen molar-refractivity contribution in [2.75, 3.05) is 7.11 Å². The van der Waals surface area contributed by atoms with Gasteiger partial charge in [-0.2, -0.15) is 0 Å². The Kier molecular flexibility index (Phi) is 3.88. The van der Waals surface area contributed by atoms with Gasteiger partial charge < -0.3 is 4.74 Å². The molecular formula is C14H13BrO2S. The summed E-state index contributed by atoms with van der Waals surface area (Å²) >= 11 is 4.95. The van der Waals surface area contributed by atoms with Crippen molar-refractivity contribution in [1.29, 1.82) is 0 Å². The summed E-state index contributed by atoms with van der Waals surface area (Å²) in [6.07, 6.45) is 0. The molecule has 0 saturated heterocycles. The SMILES string of the molecule is COc1cc(C)c(Br)cc1C(=O)c1ccc(C)s1. The number of ether oxygens (including phenoxy) is 1. The number of carbonyl (C=O) groups excluding carboxylic acids is 1.